The van der Waals surface area contributed by atoms with Crippen LogP contribution in [0.15, 0.2) is 41.4 Å². The Kier molecular flexibility index (Phi) is 4.01. The lowest BCUT2D eigenvalue weighted by Gasteiger charge is -2.08. The fourth-order valence-corrected chi connectivity index (χ4v) is 2.18. The van der Waals surface area contributed by atoms with E-state index in [1.54, 1.807) is 13.0 Å². The van der Waals surface area contributed by atoms with Crippen LogP contribution in [-0.2, 0) is 10.0 Å². The average Bonchev–Trinajstić information content (AvgIpc) is 2.39. The molecule has 0 radical (unpaired) electrons. The highest BCUT2D eigenvalue weighted by atomic mass is 32.2. The molecule has 3 N–H and O–H groups in total. The maximum absolute atomic E-state index is 13.8. The van der Waals surface area contributed by atoms with Crippen molar-refractivity contribution in [3.8, 4) is 0 Å². The summed E-state index contributed by atoms with van der Waals surface area (Å²) in [6.45, 7) is 1.72. The number of amides is 1. The summed E-state index contributed by atoms with van der Waals surface area (Å²) in [7, 11) is -3.99. The predicted molar refractivity (Wildman–Crippen MR) is 74.7 cm³/mol. The Bertz CT molecular complexity index is 806. The molecule has 6 nitrogen and oxygen atoms in total. The molecule has 0 fully saturated rings. The first-order valence-electron chi connectivity index (χ1n) is 5.84. The summed E-state index contributed by atoms with van der Waals surface area (Å²) in [6.07, 6.45) is 1.46. The number of sulfonamides is 1. The summed E-state index contributed by atoms with van der Waals surface area (Å²) in [4.78, 5) is 15.5. The molecule has 0 spiro atoms. The van der Waals surface area contributed by atoms with Crippen LogP contribution in [0, 0.1) is 12.7 Å². The third kappa shape index (κ3) is 3.61. The van der Waals surface area contributed by atoms with Crippen molar-refractivity contribution in [2.24, 2.45) is 5.14 Å². The summed E-state index contributed by atoms with van der Waals surface area (Å²) in [5, 5.41) is 7.25. The number of nitrogens with zero attached hydrogens (tertiary/aromatic N) is 1. The highest BCUT2D eigenvalue weighted by Gasteiger charge is 2.14. The van der Waals surface area contributed by atoms with E-state index in [0.29, 0.717) is 11.3 Å². The molecule has 110 valence electrons. The molecule has 2 aromatic rings. The lowest BCUT2D eigenvalue weighted by molar-refractivity contribution is 0.102. The smallest absolute Gasteiger partial charge is 0.255 e. The number of nitrogens with one attached hydrogen (secondary N) is 1. The van der Waals surface area contributed by atoms with Gasteiger partial charge in [0.1, 0.15) is 5.82 Å². The molecule has 1 heterocycles. The zero-order valence-electron chi connectivity index (χ0n) is 11.0. The maximum Gasteiger partial charge on any atom is 0.255 e. The molecule has 0 aliphatic heterocycles. The van der Waals surface area contributed by atoms with Crippen LogP contribution in [-0.4, -0.2) is 19.3 Å². The minimum absolute atomic E-state index is 0.137. The van der Waals surface area contributed by atoms with E-state index < -0.39 is 21.7 Å². The SMILES string of the molecule is Cc1cc(C(=O)Nc2ccc(S(N)(=O)=O)cc2F)ccn1. The van der Waals surface area contributed by atoms with Crippen molar-refractivity contribution in [3.05, 3.63) is 53.6 Å². The Labute approximate surface area is 120 Å². The van der Waals surface area contributed by atoms with Crippen molar-refractivity contribution in [2.75, 3.05) is 5.32 Å². The van der Waals surface area contributed by atoms with Crippen LogP contribution in [0.4, 0.5) is 10.1 Å². The van der Waals surface area contributed by atoms with Gasteiger partial charge in [0.15, 0.2) is 0 Å². The average molecular weight is 309 g/mol. The number of aryl methyl sites for hydroxylation is 1. The Morgan fingerprint density at radius 1 is 1.29 bits per heavy atom. The zero-order chi connectivity index (χ0) is 15.6. The van der Waals surface area contributed by atoms with Gasteiger partial charge in [-0.2, -0.15) is 0 Å². The lowest BCUT2D eigenvalue weighted by Crippen LogP contribution is -2.15. The van der Waals surface area contributed by atoms with Gasteiger partial charge in [-0.3, -0.25) is 9.78 Å². The van der Waals surface area contributed by atoms with E-state index in [9.17, 15) is 17.6 Å². The third-order valence-electron chi connectivity index (χ3n) is 2.68. The van der Waals surface area contributed by atoms with Gasteiger partial charge >= 0.3 is 0 Å². The fourth-order valence-electron chi connectivity index (χ4n) is 1.66. The van der Waals surface area contributed by atoms with Crippen LogP contribution in [0.3, 0.4) is 0 Å². The number of halogens is 1. The Morgan fingerprint density at radius 2 is 2.00 bits per heavy atom. The van der Waals surface area contributed by atoms with Gasteiger partial charge < -0.3 is 5.32 Å². The summed E-state index contributed by atoms with van der Waals surface area (Å²) >= 11 is 0. The monoisotopic (exact) mass is 309 g/mol. The zero-order valence-corrected chi connectivity index (χ0v) is 11.8. The topological polar surface area (TPSA) is 102 Å². The molecule has 0 bridgehead atoms. The van der Waals surface area contributed by atoms with Crippen LogP contribution in [0.1, 0.15) is 16.1 Å². The van der Waals surface area contributed by atoms with Crippen LogP contribution < -0.4 is 10.5 Å². The number of anilines is 1. The molecule has 0 saturated carbocycles. The van der Waals surface area contributed by atoms with Crippen LogP contribution in [0.5, 0.6) is 0 Å². The van der Waals surface area contributed by atoms with Crippen molar-refractivity contribution < 1.29 is 17.6 Å². The molecule has 8 heteroatoms. The number of pyridine rings is 1. The second-order valence-electron chi connectivity index (χ2n) is 4.33. The largest absolute Gasteiger partial charge is 0.319 e. The van der Waals surface area contributed by atoms with Gasteiger partial charge in [-0.05, 0) is 37.3 Å². The fraction of sp³-hybridized carbons (Fsp3) is 0.0769. The molecule has 0 aliphatic rings. The second kappa shape index (κ2) is 5.58. The van der Waals surface area contributed by atoms with E-state index in [1.807, 2.05) is 0 Å². The standard InChI is InChI=1S/C13H12FN3O3S/c1-8-6-9(4-5-16-8)13(18)17-12-3-2-10(7-11(12)14)21(15,19)20/h2-7H,1H3,(H,17,18)(H2,15,19,20). The number of hydrogen-bond donors (Lipinski definition) is 2. The number of aromatic nitrogens is 1. The first kappa shape index (κ1) is 15.1. The van der Waals surface area contributed by atoms with Gasteiger partial charge in [0, 0.05) is 17.5 Å². The van der Waals surface area contributed by atoms with Gasteiger partial charge in [-0.25, -0.2) is 17.9 Å². The van der Waals surface area contributed by atoms with E-state index >= 15 is 0 Å². The van der Waals surface area contributed by atoms with Crippen molar-refractivity contribution in [2.45, 2.75) is 11.8 Å². The molecule has 21 heavy (non-hydrogen) atoms. The normalized spacial score (nSPS) is 11.2. The molecule has 1 aromatic heterocycles. The van der Waals surface area contributed by atoms with Crippen molar-refractivity contribution >= 4 is 21.6 Å². The van der Waals surface area contributed by atoms with Crippen LogP contribution in [0.2, 0.25) is 0 Å². The summed E-state index contributed by atoms with van der Waals surface area (Å²) in [5.74, 6) is -1.41. The number of rotatable bonds is 3. The van der Waals surface area contributed by atoms with Crippen molar-refractivity contribution in [1.29, 1.82) is 0 Å². The number of carbonyl (C=O) groups is 1. The first-order chi connectivity index (χ1) is 9.77. The van der Waals surface area contributed by atoms with Crippen molar-refractivity contribution in [1.82, 2.24) is 4.98 Å². The van der Waals surface area contributed by atoms with Gasteiger partial charge in [0.2, 0.25) is 10.0 Å². The van der Waals surface area contributed by atoms with Crippen LogP contribution >= 0.6 is 0 Å². The van der Waals surface area contributed by atoms with Crippen molar-refractivity contribution in [3.63, 3.8) is 0 Å². The van der Waals surface area contributed by atoms with Gasteiger partial charge in [-0.1, -0.05) is 0 Å². The molecule has 0 aliphatic carbocycles. The highest BCUT2D eigenvalue weighted by Crippen LogP contribution is 2.19. The molecule has 0 unspecified atom stereocenters. The number of benzene rings is 1. The van der Waals surface area contributed by atoms with E-state index in [1.165, 1.54) is 12.3 Å². The summed E-state index contributed by atoms with van der Waals surface area (Å²) in [5.41, 5.74) is 0.826. The Balaban J connectivity index is 2.26. The minimum Gasteiger partial charge on any atom is -0.319 e. The first-order valence-corrected chi connectivity index (χ1v) is 7.38. The molecular weight excluding hydrogens is 297 g/mol. The quantitative estimate of drug-likeness (QED) is 0.895. The Morgan fingerprint density at radius 3 is 2.57 bits per heavy atom. The van der Waals surface area contributed by atoms with Crippen LogP contribution in [0.25, 0.3) is 0 Å². The number of hydrogen-bond acceptors (Lipinski definition) is 4. The molecule has 0 atom stereocenters. The van der Waals surface area contributed by atoms with Gasteiger partial charge in [0.05, 0.1) is 10.6 Å². The molecule has 0 saturated heterocycles. The molecule has 1 aromatic carbocycles. The summed E-state index contributed by atoms with van der Waals surface area (Å²) < 4.78 is 36.0. The number of carbonyl (C=O) groups excluding carboxylic acids is 1. The number of nitrogens with two attached hydrogens (primary N) is 1. The maximum atomic E-state index is 13.8. The van der Waals surface area contributed by atoms with Gasteiger partial charge in [0.25, 0.3) is 5.91 Å². The molecular formula is C13H12FN3O3S. The second-order valence-corrected chi connectivity index (χ2v) is 5.89. The molecule has 1 amide bonds. The molecule has 2 rings (SSSR count). The van der Waals surface area contributed by atoms with E-state index in [-0.39, 0.29) is 10.6 Å². The van der Waals surface area contributed by atoms with Gasteiger partial charge in [-0.15, -0.1) is 0 Å². The summed E-state index contributed by atoms with van der Waals surface area (Å²) in [6, 6.07) is 6.04. The predicted octanol–water partition coefficient (Wildman–Crippen LogP) is 1.43. The van der Waals surface area contributed by atoms with E-state index in [4.69, 9.17) is 5.14 Å². The lowest BCUT2D eigenvalue weighted by atomic mass is 10.2. The number of primary sulfonamides is 1. The minimum atomic E-state index is -3.99. The third-order valence-corrected chi connectivity index (χ3v) is 3.59. The van der Waals surface area contributed by atoms with E-state index in [0.717, 1.165) is 18.2 Å². The highest BCUT2D eigenvalue weighted by molar-refractivity contribution is 7.89. The Hall–Kier alpha value is -2.32. The van der Waals surface area contributed by atoms with E-state index in [2.05, 4.69) is 10.3 Å².